The van der Waals surface area contributed by atoms with Crippen LogP contribution >= 0.6 is 0 Å². The van der Waals surface area contributed by atoms with Crippen molar-refractivity contribution in [2.75, 3.05) is 5.73 Å². The van der Waals surface area contributed by atoms with Crippen molar-refractivity contribution in [3.8, 4) is 0 Å². The van der Waals surface area contributed by atoms with Gasteiger partial charge in [0.25, 0.3) is 12.3 Å². The van der Waals surface area contributed by atoms with Gasteiger partial charge in [0, 0.05) is 35.1 Å². The number of nitrogen functional groups attached to an aromatic ring is 1. The molecule has 0 unspecified atom stereocenters. The Morgan fingerprint density at radius 3 is 2.48 bits per heavy atom. The summed E-state index contributed by atoms with van der Waals surface area (Å²) >= 11 is 0. The predicted octanol–water partition coefficient (Wildman–Crippen LogP) is 4.01. The minimum absolute atomic E-state index is 0.116. The van der Waals surface area contributed by atoms with Gasteiger partial charge in [0.2, 0.25) is 0 Å². The van der Waals surface area contributed by atoms with Crippen molar-refractivity contribution < 1.29 is 13.6 Å². The predicted molar refractivity (Wildman–Crippen MR) is 93.3 cm³/mol. The van der Waals surface area contributed by atoms with Crippen molar-refractivity contribution >= 4 is 17.8 Å². The van der Waals surface area contributed by atoms with E-state index in [1.807, 2.05) is 6.07 Å². The molecule has 2 aromatic rings. The average Bonchev–Trinajstić information content (AvgIpc) is 3.44. The molecule has 0 radical (unpaired) electrons. The molecule has 0 atom stereocenters. The summed E-state index contributed by atoms with van der Waals surface area (Å²) in [6.07, 6.45) is 0.843. The Bertz CT molecular complexity index is 799. The van der Waals surface area contributed by atoms with Gasteiger partial charge in [0.1, 0.15) is 0 Å². The first-order valence-electron chi connectivity index (χ1n) is 8.09. The molecule has 3 rings (SSSR count). The van der Waals surface area contributed by atoms with Gasteiger partial charge in [0.15, 0.2) is 0 Å². The summed E-state index contributed by atoms with van der Waals surface area (Å²) in [6, 6.07) is 9.02. The second-order valence-corrected chi connectivity index (χ2v) is 6.16. The molecule has 1 aliphatic rings. The van der Waals surface area contributed by atoms with Crippen LogP contribution in [0.3, 0.4) is 0 Å². The molecule has 25 heavy (non-hydrogen) atoms. The maximum atomic E-state index is 12.6. The molecule has 0 aliphatic heterocycles. The largest absolute Gasteiger partial charge is 0.398 e. The van der Waals surface area contributed by atoms with E-state index >= 15 is 0 Å². The number of carbonyl (C=O) groups is 1. The molecule has 0 aromatic heterocycles. The molecule has 130 valence electrons. The SMILES string of the molecule is N=Cc1c(N)ccc(C2CC2)c1CNC(=O)c1ccc(C(F)F)cc1. The summed E-state index contributed by atoms with van der Waals surface area (Å²) in [7, 11) is 0. The maximum Gasteiger partial charge on any atom is 0.263 e. The van der Waals surface area contributed by atoms with Crippen LogP contribution in [0.4, 0.5) is 14.5 Å². The molecular formula is C19H19F2N3O. The molecule has 0 bridgehead atoms. The van der Waals surface area contributed by atoms with Gasteiger partial charge >= 0.3 is 0 Å². The van der Waals surface area contributed by atoms with Crippen LogP contribution in [0.5, 0.6) is 0 Å². The highest BCUT2D eigenvalue weighted by atomic mass is 19.3. The summed E-state index contributed by atoms with van der Waals surface area (Å²) < 4.78 is 25.2. The number of alkyl halides is 2. The van der Waals surface area contributed by atoms with Gasteiger partial charge in [-0.15, -0.1) is 0 Å². The van der Waals surface area contributed by atoms with E-state index in [1.165, 1.54) is 30.5 Å². The van der Waals surface area contributed by atoms with Gasteiger partial charge in [-0.1, -0.05) is 18.2 Å². The van der Waals surface area contributed by atoms with E-state index < -0.39 is 6.43 Å². The highest BCUT2D eigenvalue weighted by molar-refractivity contribution is 5.94. The van der Waals surface area contributed by atoms with Crippen molar-refractivity contribution in [2.24, 2.45) is 0 Å². The number of halogens is 2. The van der Waals surface area contributed by atoms with E-state index in [-0.39, 0.29) is 18.0 Å². The first kappa shape index (κ1) is 17.1. The Hall–Kier alpha value is -2.76. The number of amides is 1. The van der Waals surface area contributed by atoms with Gasteiger partial charge in [-0.2, -0.15) is 0 Å². The van der Waals surface area contributed by atoms with Crippen LogP contribution in [0.15, 0.2) is 36.4 Å². The van der Waals surface area contributed by atoms with Crippen LogP contribution in [0.1, 0.15) is 57.8 Å². The summed E-state index contributed by atoms with van der Waals surface area (Å²) in [6.45, 7) is 0.247. The molecule has 0 heterocycles. The third kappa shape index (κ3) is 3.68. The Labute approximate surface area is 144 Å². The summed E-state index contributed by atoms with van der Waals surface area (Å²) in [5, 5.41) is 10.4. The molecule has 1 saturated carbocycles. The molecular weight excluding hydrogens is 324 g/mol. The van der Waals surface area contributed by atoms with E-state index in [9.17, 15) is 13.6 Å². The Balaban J connectivity index is 1.78. The second-order valence-electron chi connectivity index (χ2n) is 6.16. The minimum atomic E-state index is -2.55. The quantitative estimate of drug-likeness (QED) is 0.547. The van der Waals surface area contributed by atoms with Crippen molar-refractivity contribution in [3.63, 3.8) is 0 Å². The monoisotopic (exact) mass is 343 g/mol. The van der Waals surface area contributed by atoms with Crippen molar-refractivity contribution in [1.82, 2.24) is 5.32 Å². The Morgan fingerprint density at radius 1 is 1.24 bits per heavy atom. The number of hydrogen-bond donors (Lipinski definition) is 3. The lowest BCUT2D eigenvalue weighted by molar-refractivity contribution is 0.0950. The van der Waals surface area contributed by atoms with Crippen molar-refractivity contribution in [3.05, 3.63) is 64.2 Å². The molecule has 1 fully saturated rings. The van der Waals surface area contributed by atoms with Crippen LogP contribution in [0.25, 0.3) is 0 Å². The lowest BCUT2D eigenvalue weighted by Gasteiger charge is -2.15. The number of carbonyl (C=O) groups excluding carboxylic acids is 1. The summed E-state index contributed by atoms with van der Waals surface area (Å²) in [5.41, 5.74) is 9.25. The molecule has 4 nitrogen and oxygen atoms in total. The number of nitrogens with one attached hydrogen (secondary N) is 2. The molecule has 6 heteroatoms. The summed E-state index contributed by atoms with van der Waals surface area (Å²) in [4.78, 5) is 12.3. The van der Waals surface area contributed by atoms with E-state index in [4.69, 9.17) is 11.1 Å². The first-order valence-corrected chi connectivity index (χ1v) is 8.09. The third-order valence-electron chi connectivity index (χ3n) is 4.44. The fraction of sp³-hybridized carbons (Fsp3) is 0.263. The topological polar surface area (TPSA) is 79.0 Å². The zero-order chi connectivity index (χ0) is 18.0. The zero-order valence-electron chi connectivity index (χ0n) is 13.6. The lowest BCUT2D eigenvalue weighted by Crippen LogP contribution is -2.24. The number of anilines is 1. The summed E-state index contributed by atoms with van der Waals surface area (Å²) in [5.74, 6) is 0.109. The number of benzene rings is 2. The van der Waals surface area contributed by atoms with Crippen LogP contribution in [0.2, 0.25) is 0 Å². The van der Waals surface area contributed by atoms with E-state index in [2.05, 4.69) is 5.32 Å². The highest BCUT2D eigenvalue weighted by Gasteiger charge is 2.27. The van der Waals surface area contributed by atoms with Gasteiger partial charge in [-0.25, -0.2) is 8.78 Å². The highest BCUT2D eigenvalue weighted by Crippen LogP contribution is 2.43. The van der Waals surface area contributed by atoms with E-state index in [0.717, 1.165) is 24.0 Å². The van der Waals surface area contributed by atoms with Gasteiger partial charge in [-0.05, 0) is 48.1 Å². The zero-order valence-corrected chi connectivity index (χ0v) is 13.6. The standard InChI is InChI=1S/C19H19F2N3O/c20-18(21)12-3-5-13(6-4-12)19(25)24-10-16-14(11-1-2-11)7-8-17(23)15(16)9-22/h3-9,11,18,22H,1-2,10,23H2,(H,24,25). The average molecular weight is 343 g/mol. The number of nitrogens with two attached hydrogens (primary N) is 1. The Morgan fingerprint density at radius 2 is 1.92 bits per heavy atom. The maximum absolute atomic E-state index is 12.6. The van der Waals surface area contributed by atoms with Crippen molar-refractivity contribution in [1.29, 1.82) is 5.41 Å². The lowest BCUT2D eigenvalue weighted by atomic mass is 9.96. The van der Waals surface area contributed by atoms with Crippen LogP contribution in [0, 0.1) is 5.41 Å². The fourth-order valence-corrected chi connectivity index (χ4v) is 2.89. The normalized spacial score (nSPS) is 13.7. The first-order chi connectivity index (χ1) is 12.0. The van der Waals surface area contributed by atoms with Gasteiger partial charge in [0.05, 0.1) is 0 Å². The molecule has 4 N–H and O–H groups in total. The van der Waals surface area contributed by atoms with Gasteiger partial charge < -0.3 is 16.5 Å². The van der Waals surface area contributed by atoms with Crippen molar-refractivity contribution in [2.45, 2.75) is 31.7 Å². The smallest absolute Gasteiger partial charge is 0.263 e. The van der Waals surface area contributed by atoms with Gasteiger partial charge in [-0.3, -0.25) is 4.79 Å². The van der Waals surface area contributed by atoms with Crippen LogP contribution in [-0.2, 0) is 6.54 Å². The Kier molecular flexibility index (Phi) is 4.79. The molecule has 2 aromatic carbocycles. The number of hydrogen-bond acceptors (Lipinski definition) is 3. The van der Waals surface area contributed by atoms with Crippen LogP contribution in [-0.4, -0.2) is 12.1 Å². The molecule has 1 amide bonds. The molecule has 0 saturated heterocycles. The molecule has 0 spiro atoms. The second kappa shape index (κ2) is 7.01. The van der Waals surface area contributed by atoms with E-state index in [1.54, 1.807) is 6.07 Å². The van der Waals surface area contributed by atoms with Crippen LogP contribution < -0.4 is 11.1 Å². The molecule has 1 aliphatic carbocycles. The van der Waals surface area contributed by atoms with E-state index in [0.29, 0.717) is 22.7 Å². The fourth-order valence-electron chi connectivity index (χ4n) is 2.89. The number of rotatable bonds is 6. The minimum Gasteiger partial charge on any atom is -0.398 e. The third-order valence-corrected chi connectivity index (χ3v) is 4.44.